The Balaban J connectivity index is 1.78. The Labute approximate surface area is 119 Å². The maximum absolute atomic E-state index is 12.1. The summed E-state index contributed by atoms with van der Waals surface area (Å²) in [4.78, 5) is 12.1. The second-order valence-corrected chi connectivity index (χ2v) is 5.05. The molecule has 0 unspecified atom stereocenters. The van der Waals surface area contributed by atoms with E-state index in [9.17, 15) is 4.79 Å². The molecule has 0 aliphatic carbocycles. The summed E-state index contributed by atoms with van der Waals surface area (Å²) in [5.41, 5.74) is 4.28. The van der Waals surface area contributed by atoms with Crippen molar-refractivity contribution in [2.45, 2.75) is 12.8 Å². The zero-order valence-corrected chi connectivity index (χ0v) is 11.4. The van der Waals surface area contributed by atoms with Crippen molar-refractivity contribution in [3.8, 4) is 0 Å². The molecule has 3 rings (SSSR count). The SMILES string of the molecule is O=C(Nc1ccc2c(c1)CCNCC2)c1ccccc1. The van der Waals surface area contributed by atoms with Crippen molar-refractivity contribution in [3.05, 3.63) is 65.2 Å². The molecule has 1 aliphatic heterocycles. The average Bonchev–Trinajstić information content (AvgIpc) is 2.73. The van der Waals surface area contributed by atoms with E-state index in [-0.39, 0.29) is 5.91 Å². The van der Waals surface area contributed by atoms with Crippen LogP contribution in [0.3, 0.4) is 0 Å². The second-order valence-electron chi connectivity index (χ2n) is 5.05. The van der Waals surface area contributed by atoms with Crippen LogP contribution in [0.15, 0.2) is 48.5 Å². The highest BCUT2D eigenvalue weighted by molar-refractivity contribution is 6.04. The number of benzene rings is 2. The summed E-state index contributed by atoms with van der Waals surface area (Å²) in [5, 5.41) is 6.36. The molecule has 2 N–H and O–H groups in total. The topological polar surface area (TPSA) is 41.1 Å². The van der Waals surface area contributed by atoms with Crippen LogP contribution in [0.5, 0.6) is 0 Å². The molecular weight excluding hydrogens is 248 g/mol. The molecule has 0 radical (unpaired) electrons. The predicted molar refractivity (Wildman–Crippen MR) is 81.1 cm³/mol. The number of hydrogen-bond acceptors (Lipinski definition) is 2. The number of carbonyl (C=O) groups is 1. The second kappa shape index (κ2) is 5.88. The van der Waals surface area contributed by atoms with E-state index in [1.807, 2.05) is 36.4 Å². The standard InChI is InChI=1S/C17H18N2O/c20-17(14-4-2-1-3-5-14)19-16-7-6-13-8-10-18-11-9-15(13)12-16/h1-7,12,18H,8-11H2,(H,19,20). The van der Waals surface area contributed by atoms with Gasteiger partial charge in [-0.15, -0.1) is 0 Å². The minimum absolute atomic E-state index is 0.0581. The normalized spacial score (nSPS) is 14.2. The smallest absolute Gasteiger partial charge is 0.255 e. The van der Waals surface area contributed by atoms with Gasteiger partial charge in [0.15, 0.2) is 0 Å². The van der Waals surface area contributed by atoms with Crippen LogP contribution in [-0.2, 0) is 12.8 Å². The minimum Gasteiger partial charge on any atom is -0.322 e. The van der Waals surface area contributed by atoms with Gasteiger partial charge in [-0.3, -0.25) is 4.79 Å². The van der Waals surface area contributed by atoms with E-state index < -0.39 is 0 Å². The lowest BCUT2D eigenvalue weighted by atomic mass is 10.0. The molecule has 0 bridgehead atoms. The Hall–Kier alpha value is -2.13. The lowest BCUT2D eigenvalue weighted by molar-refractivity contribution is 0.102. The minimum atomic E-state index is -0.0581. The van der Waals surface area contributed by atoms with Gasteiger partial charge in [0, 0.05) is 11.3 Å². The molecule has 3 nitrogen and oxygen atoms in total. The maximum Gasteiger partial charge on any atom is 0.255 e. The summed E-state index contributed by atoms with van der Waals surface area (Å²) >= 11 is 0. The average molecular weight is 266 g/mol. The molecule has 0 fully saturated rings. The Morgan fingerprint density at radius 3 is 2.50 bits per heavy atom. The Bertz CT molecular complexity index is 608. The van der Waals surface area contributed by atoms with Crippen LogP contribution in [0.4, 0.5) is 5.69 Å². The van der Waals surface area contributed by atoms with Crippen LogP contribution in [-0.4, -0.2) is 19.0 Å². The number of amides is 1. The van der Waals surface area contributed by atoms with Crippen LogP contribution in [0.2, 0.25) is 0 Å². The molecular formula is C17H18N2O. The molecule has 3 heteroatoms. The molecule has 0 saturated heterocycles. The lowest BCUT2D eigenvalue weighted by Gasteiger charge is -2.10. The summed E-state index contributed by atoms with van der Waals surface area (Å²) in [6.45, 7) is 2.03. The molecule has 0 spiro atoms. The third kappa shape index (κ3) is 2.89. The number of nitrogens with one attached hydrogen (secondary N) is 2. The fourth-order valence-corrected chi connectivity index (χ4v) is 2.54. The fraction of sp³-hybridized carbons (Fsp3) is 0.235. The van der Waals surface area contributed by atoms with Crippen LogP contribution >= 0.6 is 0 Å². The number of hydrogen-bond donors (Lipinski definition) is 2. The molecule has 1 heterocycles. The van der Waals surface area contributed by atoms with Gasteiger partial charge in [-0.25, -0.2) is 0 Å². The third-order valence-corrected chi connectivity index (χ3v) is 3.64. The maximum atomic E-state index is 12.1. The van der Waals surface area contributed by atoms with Crippen LogP contribution < -0.4 is 10.6 Å². The molecule has 20 heavy (non-hydrogen) atoms. The quantitative estimate of drug-likeness (QED) is 0.877. The van der Waals surface area contributed by atoms with Gasteiger partial charge in [-0.1, -0.05) is 24.3 Å². The third-order valence-electron chi connectivity index (χ3n) is 3.64. The van der Waals surface area contributed by atoms with Gasteiger partial charge in [-0.05, 0) is 61.3 Å². The summed E-state index contributed by atoms with van der Waals surface area (Å²) < 4.78 is 0. The van der Waals surface area contributed by atoms with E-state index in [2.05, 4.69) is 22.8 Å². The van der Waals surface area contributed by atoms with Crippen molar-refractivity contribution in [1.82, 2.24) is 5.32 Å². The first-order valence-corrected chi connectivity index (χ1v) is 7.02. The zero-order valence-electron chi connectivity index (χ0n) is 11.4. The van der Waals surface area contributed by atoms with Crippen molar-refractivity contribution in [3.63, 3.8) is 0 Å². The van der Waals surface area contributed by atoms with Gasteiger partial charge < -0.3 is 10.6 Å². The highest BCUT2D eigenvalue weighted by atomic mass is 16.1. The Morgan fingerprint density at radius 1 is 0.950 bits per heavy atom. The van der Waals surface area contributed by atoms with Crippen LogP contribution in [0, 0.1) is 0 Å². The largest absolute Gasteiger partial charge is 0.322 e. The van der Waals surface area contributed by atoms with Crippen molar-refractivity contribution in [2.75, 3.05) is 18.4 Å². The highest BCUT2D eigenvalue weighted by Gasteiger charge is 2.10. The van der Waals surface area contributed by atoms with Crippen molar-refractivity contribution in [2.24, 2.45) is 0 Å². The van der Waals surface area contributed by atoms with E-state index in [1.165, 1.54) is 11.1 Å². The van der Waals surface area contributed by atoms with Gasteiger partial charge in [0.2, 0.25) is 0 Å². The van der Waals surface area contributed by atoms with E-state index >= 15 is 0 Å². The fourth-order valence-electron chi connectivity index (χ4n) is 2.54. The van der Waals surface area contributed by atoms with Gasteiger partial charge in [0.05, 0.1) is 0 Å². The zero-order chi connectivity index (χ0) is 13.8. The Kier molecular flexibility index (Phi) is 3.79. The lowest BCUT2D eigenvalue weighted by Crippen LogP contribution is -2.16. The molecule has 102 valence electrons. The molecule has 0 saturated carbocycles. The van der Waals surface area contributed by atoms with Crippen LogP contribution in [0.1, 0.15) is 21.5 Å². The molecule has 0 aromatic heterocycles. The molecule has 1 amide bonds. The van der Waals surface area contributed by atoms with Gasteiger partial charge in [0.1, 0.15) is 0 Å². The molecule has 2 aromatic rings. The van der Waals surface area contributed by atoms with E-state index in [1.54, 1.807) is 0 Å². The summed E-state index contributed by atoms with van der Waals surface area (Å²) in [6, 6.07) is 15.5. The summed E-state index contributed by atoms with van der Waals surface area (Å²) in [5.74, 6) is -0.0581. The number of rotatable bonds is 2. The van der Waals surface area contributed by atoms with Crippen molar-refractivity contribution < 1.29 is 4.79 Å². The summed E-state index contributed by atoms with van der Waals surface area (Å²) in [7, 11) is 0. The first-order valence-electron chi connectivity index (χ1n) is 7.02. The van der Waals surface area contributed by atoms with E-state index in [4.69, 9.17) is 0 Å². The first kappa shape index (κ1) is 12.9. The predicted octanol–water partition coefficient (Wildman–Crippen LogP) is 2.63. The van der Waals surface area contributed by atoms with Gasteiger partial charge in [0.25, 0.3) is 5.91 Å². The van der Waals surface area contributed by atoms with Crippen molar-refractivity contribution >= 4 is 11.6 Å². The van der Waals surface area contributed by atoms with E-state index in [0.29, 0.717) is 5.56 Å². The monoisotopic (exact) mass is 266 g/mol. The molecule has 2 aromatic carbocycles. The molecule has 0 atom stereocenters. The van der Waals surface area contributed by atoms with Crippen LogP contribution in [0.25, 0.3) is 0 Å². The number of anilines is 1. The van der Waals surface area contributed by atoms with Crippen molar-refractivity contribution in [1.29, 1.82) is 0 Å². The molecule has 1 aliphatic rings. The highest BCUT2D eigenvalue weighted by Crippen LogP contribution is 2.19. The first-order chi connectivity index (χ1) is 9.83. The van der Waals surface area contributed by atoms with Gasteiger partial charge >= 0.3 is 0 Å². The number of carbonyl (C=O) groups excluding carboxylic acids is 1. The summed E-state index contributed by atoms with van der Waals surface area (Å²) in [6.07, 6.45) is 2.08. The van der Waals surface area contributed by atoms with Gasteiger partial charge in [-0.2, -0.15) is 0 Å². The number of fused-ring (bicyclic) bond motifs is 1. The Morgan fingerprint density at radius 2 is 1.70 bits per heavy atom. The van der Waals surface area contributed by atoms with E-state index in [0.717, 1.165) is 31.6 Å².